The zero-order valence-corrected chi connectivity index (χ0v) is 11.8. The summed E-state index contributed by atoms with van der Waals surface area (Å²) in [7, 11) is 1.99. The van der Waals surface area contributed by atoms with Gasteiger partial charge in [0.1, 0.15) is 0 Å². The molecule has 0 amide bonds. The van der Waals surface area contributed by atoms with E-state index in [1.54, 1.807) is 0 Å². The Morgan fingerprint density at radius 3 is 2.22 bits per heavy atom. The lowest BCUT2D eigenvalue weighted by Gasteiger charge is -2.21. The van der Waals surface area contributed by atoms with E-state index >= 15 is 0 Å². The van der Waals surface area contributed by atoms with Crippen LogP contribution < -0.4 is 5.32 Å². The van der Waals surface area contributed by atoms with Gasteiger partial charge in [-0.25, -0.2) is 0 Å². The van der Waals surface area contributed by atoms with Crippen molar-refractivity contribution < 1.29 is 0 Å². The minimum atomic E-state index is 0.212. The molecule has 0 saturated heterocycles. The van der Waals surface area contributed by atoms with E-state index in [4.69, 9.17) is 11.6 Å². The van der Waals surface area contributed by atoms with E-state index in [2.05, 4.69) is 49.5 Å². The van der Waals surface area contributed by atoms with Gasteiger partial charge in [-0.3, -0.25) is 0 Å². The van der Waals surface area contributed by atoms with Crippen LogP contribution in [-0.2, 0) is 0 Å². The zero-order chi connectivity index (χ0) is 13.1. The highest BCUT2D eigenvalue weighted by Gasteiger charge is 2.15. The van der Waals surface area contributed by atoms with Gasteiger partial charge < -0.3 is 5.32 Å². The molecule has 1 unspecified atom stereocenters. The molecule has 0 spiro atoms. The summed E-state index contributed by atoms with van der Waals surface area (Å²) in [5.74, 6) is 0. The lowest BCUT2D eigenvalue weighted by atomic mass is 9.92. The zero-order valence-electron chi connectivity index (χ0n) is 11.0. The number of benzene rings is 2. The molecule has 1 N–H and O–H groups in total. The third-order valence-corrected chi connectivity index (χ3v) is 3.57. The molecular formula is C16H18ClN. The van der Waals surface area contributed by atoms with E-state index in [0.717, 1.165) is 5.02 Å². The molecule has 1 nitrogen and oxygen atoms in total. The molecule has 18 heavy (non-hydrogen) atoms. The smallest absolute Gasteiger partial charge is 0.0579 e. The summed E-state index contributed by atoms with van der Waals surface area (Å²) >= 11 is 6.02. The van der Waals surface area contributed by atoms with Crippen LogP contribution in [0.25, 0.3) is 0 Å². The van der Waals surface area contributed by atoms with Crippen molar-refractivity contribution >= 4 is 11.6 Å². The average Bonchev–Trinajstić information content (AvgIpc) is 2.34. The molecule has 2 aromatic carbocycles. The van der Waals surface area contributed by atoms with Gasteiger partial charge in [0.2, 0.25) is 0 Å². The highest BCUT2D eigenvalue weighted by Crippen LogP contribution is 2.28. The third-order valence-electron chi connectivity index (χ3n) is 3.33. The predicted molar refractivity (Wildman–Crippen MR) is 78.3 cm³/mol. The Morgan fingerprint density at radius 2 is 1.61 bits per heavy atom. The molecule has 0 radical (unpaired) electrons. The van der Waals surface area contributed by atoms with Crippen molar-refractivity contribution in [3.05, 3.63) is 69.7 Å². The summed E-state index contributed by atoms with van der Waals surface area (Å²) < 4.78 is 0. The number of nitrogens with one attached hydrogen (secondary N) is 1. The predicted octanol–water partition coefficient (Wildman–Crippen LogP) is 4.27. The van der Waals surface area contributed by atoms with Crippen LogP contribution in [0, 0.1) is 13.8 Å². The van der Waals surface area contributed by atoms with Gasteiger partial charge in [-0.1, -0.05) is 41.9 Å². The maximum atomic E-state index is 6.02. The second-order valence-electron chi connectivity index (χ2n) is 4.58. The van der Waals surface area contributed by atoms with Gasteiger partial charge in [-0.05, 0) is 55.3 Å². The van der Waals surface area contributed by atoms with E-state index < -0.39 is 0 Å². The molecule has 1 atom stereocenters. The number of rotatable bonds is 3. The Bertz CT molecular complexity index is 549. The minimum absolute atomic E-state index is 0.212. The first kappa shape index (κ1) is 13.1. The van der Waals surface area contributed by atoms with Crippen LogP contribution in [0.3, 0.4) is 0 Å². The molecule has 2 heteroatoms. The lowest BCUT2D eigenvalue weighted by molar-refractivity contribution is 0.683. The fraction of sp³-hybridized carbons (Fsp3) is 0.250. The Morgan fingerprint density at radius 1 is 0.944 bits per heavy atom. The minimum Gasteiger partial charge on any atom is -0.309 e. The maximum Gasteiger partial charge on any atom is 0.0579 e. The van der Waals surface area contributed by atoms with E-state index in [1.165, 1.54) is 22.3 Å². The SMILES string of the molecule is CNC(c1ccccc1C)c1ccc(Cl)cc1C. The van der Waals surface area contributed by atoms with Gasteiger partial charge in [-0.2, -0.15) is 0 Å². The summed E-state index contributed by atoms with van der Waals surface area (Å²) in [5, 5.41) is 4.18. The first-order valence-corrected chi connectivity index (χ1v) is 6.50. The fourth-order valence-corrected chi connectivity index (χ4v) is 2.58. The molecule has 0 bridgehead atoms. The first-order chi connectivity index (χ1) is 8.63. The Labute approximate surface area is 114 Å². The van der Waals surface area contributed by atoms with E-state index in [9.17, 15) is 0 Å². The molecule has 0 heterocycles. The Balaban J connectivity index is 2.49. The van der Waals surface area contributed by atoms with Crippen LogP contribution in [0.5, 0.6) is 0 Å². The van der Waals surface area contributed by atoms with Crippen molar-refractivity contribution in [2.75, 3.05) is 7.05 Å². The van der Waals surface area contributed by atoms with E-state index in [1.807, 2.05) is 19.2 Å². The number of halogens is 1. The maximum absolute atomic E-state index is 6.02. The van der Waals surface area contributed by atoms with Gasteiger partial charge in [-0.15, -0.1) is 0 Å². The molecule has 94 valence electrons. The van der Waals surface area contributed by atoms with Crippen LogP contribution in [0.4, 0.5) is 0 Å². The second kappa shape index (κ2) is 5.55. The van der Waals surface area contributed by atoms with Gasteiger partial charge in [0, 0.05) is 5.02 Å². The number of hydrogen-bond acceptors (Lipinski definition) is 1. The molecule has 0 saturated carbocycles. The molecule has 2 rings (SSSR count). The van der Waals surface area contributed by atoms with E-state index in [0.29, 0.717) is 0 Å². The van der Waals surface area contributed by atoms with Crippen LogP contribution in [0.1, 0.15) is 28.3 Å². The van der Waals surface area contributed by atoms with Crippen molar-refractivity contribution in [1.29, 1.82) is 0 Å². The van der Waals surface area contributed by atoms with Crippen molar-refractivity contribution in [3.63, 3.8) is 0 Å². The van der Waals surface area contributed by atoms with Crippen LogP contribution in [-0.4, -0.2) is 7.05 Å². The molecule has 0 aliphatic rings. The normalized spacial score (nSPS) is 12.4. The highest BCUT2D eigenvalue weighted by atomic mass is 35.5. The van der Waals surface area contributed by atoms with Gasteiger partial charge in [0.05, 0.1) is 6.04 Å². The van der Waals surface area contributed by atoms with Gasteiger partial charge >= 0.3 is 0 Å². The highest BCUT2D eigenvalue weighted by molar-refractivity contribution is 6.30. The molecule has 0 fully saturated rings. The molecule has 0 aliphatic carbocycles. The monoisotopic (exact) mass is 259 g/mol. The molecule has 0 aliphatic heterocycles. The standard InChI is InChI=1S/C16H18ClN/c1-11-6-4-5-7-14(11)16(18-3)15-9-8-13(17)10-12(15)2/h4-10,16,18H,1-3H3. The van der Waals surface area contributed by atoms with Crippen molar-refractivity contribution in [2.45, 2.75) is 19.9 Å². The second-order valence-corrected chi connectivity index (χ2v) is 5.02. The molecule has 0 aromatic heterocycles. The fourth-order valence-electron chi connectivity index (χ4n) is 2.35. The van der Waals surface area contributed by atoms with Crippen molar-refractivity contribution in [1.82, 2.24) is 5.32 Å². The van der Waals surface area contributed by atoms with Crippen molar-refractivity contribution in [3.8, 4) is 0 Å². The Kier molecular flexibility index (Phi) is 4.05. The lowest BCUT2D eigenvalue weighted by Crippen LogP contribution is -2.19. The summed E-state index contributed by atoms with van der Waals surface area (Å²) in [6.45, 7) is 4.24. The van der Waals surface area contributed by atoms with E-state index in [-0.39, 0.29) is 6.04 Å². The van der Waals surface area contributed by atoms with Crippen LogP contribution >= 0.6 is 11.6 Å². The molecular weight excluding hydrogens is 242 g/mol. The summed E-state index contributed by atoms with van der Waals surface area (Å²) in [4.78, 5) is 0. The number of hydrogen-bond donors (Lipinski definition) is 1. The van der Waals surface area contributed by atoms with Crippen LogP contribution in [0.2, 0.25) is 5.02 Å². The van der Waals surface area contributed by atoms with Crippen molar-refractivity contribution in [2.24, 2.45) is 0 Å². The summed E-state index contributed by atoms with van der Waals surface area (Å²) in [6, 6.07) is 14.7. The molecule has 2 aromatic rings. The summed E-state index contributed by atoms with van der Waals surface area (Å²) in [6.07, 6.45) is 0. The topological polar surface area (TPSA) is 12.0 Å². The largest absolute Gasteiger partial charge is 0.309 e. The Hall–Kier alpha value is -1.31. The quantitative estimate of drug-likeness (QED) is 0.868. The van der Waals surface area contributed by atoms with Gasteiger partial charge in [0.25, 0.3) is 0 Å². The third kappa shape index (κ3) is 2.58. The first-order valence-electron chi connectivity index (χ1n) is 6.12. The van der Waals surface area contributed by atoms with Gasteiger partial charge in [0.15, 0.2) is 0 Å². The average molecular weight is 260 g/mol. The number of aryl methyl sites for hydroxylation is 2. The summed E-state index contributed by atoms with van der Waals surface area (Å²) in [5.41, 5.74) is 5.10. The van der Waals surface area contributed by atoms with Crippen LogP contribution in [0.15, 0.2) is 42.5 Å².